The number of amides is 1. The van der Waals surface area contributed by atoms with E-state index in [1.807, 2.05) is 24.3 Å². The lowest BCUT2D eigenvalue weighted by Gasteiger charge is -2.28. The minimum Gasteiger partial charge on any atom is -0.497 e. The van der Waals surface area contributed by atoms with Gasteiger partial charge in [0.25, 0.3) is 5.91 Å². The number of likely N-dealkylation sites (tertiary alicyclic amines) is 1. The van der Waals surface area contributed by atoms with Crippen LogP contribution in [-0.2, 0) is 6.18 Å². The van der Waals surface area contributed by atoms with Gasteiger partial charge in [-0.2, -0.15) is 18.3 Å². The maximum atomic E-state index is 14.0. The summed E-state index contributed by atoms with van der Waals surface area (Å²) in [6, 6.07) is 13.2. The summed E-state index contributed by atoms with van der Waals surface area (Å²) in [7, 11) is 1.58. The Kier molecular flexibility index (Phi) is 7.13. The number of hydrogen-bond acceptors (Lipinski definition) is 4. The number of ether oxygens (including phenoxy) is 1. The number of benzene rings is 2. The number of aromatic nitrogens is 2. The number of nitrogens with zero attached hydrogens (tertiary/aromatic N) is 3. The highest BCUT2D eigenvalue weighted by atomic mass is 35.5. The van der Waals surface area contributed by atoms with Gasteiger partial charge in [0, 0.05) is 11.6 Å². The van der Waals surface area contributed by atoms with E-state index in [4.69, 9.17) is 16.3 Å². The first kappa shape index (κ1) is 24.1. The zero-order valence-corrected chi connectivity index (χ0v) is 19.2. The first-order valence-corrected chi connectivity index (χ1v) is 11.2. The third-order valence-corrected chi connectivity index (χ3v) is 6.11. The maximum Gasteiger partial charge on any atom is 0.434 e. The van der Waals surface area contributed by atoms with Crippen LogP contribution in [0.15, 0.2) is 54.7 Å². The summed E-state index contributed by atoms with van der Waals surface area (Å²) in [5, 5.41) is 6.81. The van der Waals surface area contributed by atoms with E-state index in [0.29, 0.717) is 10.4 Å². The fraction of sp³-hybridized carbons (Fsp3) is 0.333. The van der Waals surface area contributed by atoms with Crippen molar-refractivity contribution in [1.29, 1.82) is 0 Å². The van der Waals surface area contributed by atoms with Gasteiger partial charge >= 0.3 is 6.18 Å². The summed E-state index contributed by atoms with van der Waals surface area (Å²) in [5.41, 5.74) is -0.613. The molecular formula is C24H24ClF3N4O2. The predicted molar refractivity (Wildman–Crippen MR) is 122 cm³/mol. The number of methoxy groups -OCH3 is 1. The van der Waals surface area contributed by atoms with E-state index in [2.05, 4.69) is 15.3 Å². The van der Waals surface area contributed by atoms with Crippen LogP contribution in [-0.4, -0.2) is 47.3 Å². The molecular weight excluding hydrogens is 469 g/mol. The fourth-order valence-electron chi connectivity index (χ4n) is 4.21. The van der Waals surface area contributed by atoms with Crippen molar-refractivity contribution < 1.29 is 22.7 Å². The molecule has 1 fully saturated rings. The summed E-state index contributed by atoms with van der Waals surface area (Å²) in [6.45, 7) is 1.87. The molecule has 2 heterocycles. The number of hydrogen-bond donors (Lipinski definition) is 1. The summed E-state index contributed by atoms with van der Waals surface area (Å²) < 4.78 is 47.8. The van der Waals surface area contributed by atoms with E-state index in [9.17, 15) is 18.0 Å². The molecule has 1 atom stereocenters. The summed E-state index contributed by atoms with van der Waals surface area (Å²) in [4.78, 5) is 15.2. The van der Waals surface area contributed by atoms with E-state index in [0.717, 1.165) is 37.7 Å². The zero-order valence-electron chi connectivity index (χ0n) is 18.5. The van der Waals surface area contributed by atoms with Crippen LogP contribution in [0.4, 0.5) is 13.2 Å². The number of nitrogens with one attached hydrogen (secondary N) is 1. The first-order valence-electron chi connectivity index (χ1n) is 10.9. The molecule has 180 valence electrons. The Morgan fingerprint density at radius 1 is 1.18 bits per heavy atom. The van der Waals surface area contributed by atoms with Crippen LogP contribution >= 0.6 is 11.6 Å². The minimum absolute atomic E-state index is 0.118. The Morgan fingerprint density at radius 3 is 2.50 bits per heavy atom. The van der Waals surface area contributed by atoms with Crippen LogP contribution in [0.25, 0.3) is 5.69 Å². The van der Waals surface area contributed by atoms with Crippen molar-refractivity contribution in [2.24, 2.45) is 0 Å². The molecule has 0 bridgehead atoms. The average molecular weight is 493 g/mol. The quantitative estimate of drug-likeness (QED) is 0.497. The molecule has 4 rings (SSSR count). The van der Waals surface area contributed by atoms with Crippen LogP contribution in [0.5, 0.6) is 5.75 Å². The number of alkyl halides is 3. The van der Waals surface area contributed by atoms with Crippen molar-refractivity contribution >= 4 is 17.5 Å². The molecule has 3 aromatic rings. The molecule has 1 aliphatic heterocycles. The molecule has 1 N–H and O–H groups in total. The molecule has 0 aliphatic carbocycles. The fourth-order valence-corrected chi connectivity index (χ4v) is 4.40. The molecule has 34 heavy (non-hydrogen) atoms. The Morgan fingerprint density at radius 2 is 1.88 bits per heavy atom. The van der Waals surface area contributed by atoms with Gasteiger partial charge in [-0.25, -0.2) is 4.68 Å². The van der Waals surface area contributed by atoms with Gasteiger partial charge in [0.1, 0.15) is 5.75 Å². The SMILES string of the molecule is COc1ccc(C(CNC(=O)c2cnn(-c3cccc(Cl)c3)c2C(F)(F)F)N2CCCC2)cc1. The summed E-state index contributed by atoms with van der Waals surface area (Å²) in [6.07, 6.45) is -1.79. The van der Waals surface area contributed by atoms with E-state index in [1.54, 1.807) is 13.2 Å². The van der Waals surface area contributed by atoms with Gasteiger partial charge in [-0.05, 0) is 61.8 Å². The standard InChI is InChI=1S/C24H24ClF3N4O2/c1-34-19-9-7-16(8-10-19)21(31-11-2-3-12-31)15-29-23(33)20-14-30-32(22(20)24(26,27)28)18-6-4-5-17(25)13-18/h4-10,13-14,21H,2-3,11-12,15H2,1H3,(H,29,33). The Balaban J connectivity index is 1.59. The van der Waals surface area contributed by atoms with Crippen LogP contribution in [0.2, 0.25) is 5.02 Å². The summed E-state index contributed by atoms with van der Waals surface area (Å²) >= 11 is 5.94. The molecule has 1 saturated heterocycles. The second-order valence-electron chi connectivity index (χ2n) is 8.04. The van der Waals surface area contributed by atoms with Crippen molar-refractivity contribution in [2.75, 3.05) is 26.7 Å². The van der Waals surface area contributed by atoms with Gasteiger partial charge in [0.05, 0.1) is 30.6 Å². The Bertz CT molecular complexity index is 1140. The van der Waals surface area contributed by atoms with Gasteiger partial charge in [0.2, 0.25) is 0 Å². The zero-order chi connectivity index (χ0) is 24.3. The monoisotopic (exact) mass is 492 g/mol. The van der Waals surface area contributed by atoms with Crippen LogP contribution < -0.4 is 10.1 Å². The highest BCUT2D eigenvalue weighted by Gasteiger charge is 2.40. The second kappa shape index (κ2) is 10.1. The average Bonchev–Trinajstić information content (AvgIpc) is 3.50. The molecule has 1 aliphatic rings. The number of halogens is 4. The molecule has 1 aromatic heterocycles. The number of carbonyl (C=O) groups excluding carboxylic acids is 1. The smallest absolute Gasteiger partial charge is 0.434 e. The van der Waals surface area contributed by atoms with Crippen molar-refractivity contribution in [3.63, 3.8) is 0 Å². The minimum atomic E-state index is -4.80. The lowest BCUT2D eigenvalue weighted by atomic mass is 10.0. The molecule has 1 unspecified atom stereocenters. The normalized spacial score (nSPS) is 15.3. The lowest BCUT2D eigenvalue weighted by Crippen LogP contribution is -2.37. The molecule has 0 radical (unpaired) electrons. The van der Waals surface area contributed by atoms with Gasteiger partial charge in [-0.3, -0.25) is 9.69 Å². The summed E-state index contributed by atoms with van der Waals surface area (Å²) in [5.74, 6) is -0.130. The molecule has 0 saturated carbocycles. The molecule has 1 amide bonds. The molecule has 2 aromatic carbocycles. The van der Waals surface area contributed by atoms with Crippen LogP contribution in [0.3, 0.4) is 0 Å². The van der Waals surface area contributed by atoms with E-state index >= 15 is 0 Å². The molecule has 0 spiro atoms. The molecule has 10 heteroatoms. The third kappa shape index (κ3) is 5.20. The Labute approximate surface area is 200 Å². The van der Waals surface area contributed by atoms with Gasteiger partial charge in [-0.15, -0.1) is 0 Å². The third-order valence-electron chi connectivity index (χ3n) is 5.87. The van der Waals surface area contributed by atoms with E-state index < -0.39 is 23.3 Å². The van der Waals surface area contributed by atoms with Gasteiger partial charge in [-0.1, -0.05) is 29.8 Å². The Hall–Kier alpha value is -3.04. The first-order chi connectivity index (χ1) is 16.3. The van der Waals surface area contributed by atoms with Gasteiger partial charge < -0.3 is 10.1 Å². The number of carbonyl (C=O) groups is 1. The van der Waals surface area contributed by atoms with Crippen LogP contribution in [0, 0.1) is 0 Å². The topological polar surface area (TPSA) is 59.4 Å². The predicted octanol–water partition coefficient (Wildman–Crippen LogP) is 5.12. The van der Waals surface area contributed by atoms with E-state index in [-0.39, 0.29) is 23.3 Å². The second-order valence-corrected chi connectivity index (χ2v) is 8.47. The van der Waals surface area contributed by atoms with Gasteiger partial charge in [0.15, 0.2) is 5.69 Å². The van der Waals surface area contributed by atoms with Crippen molar-refractivity contribution in [1.82, 2.24) is 20.0 Å². The highest BCUT2D eigenvalue weighted by Crippen LogP contribution is 2.34. The van der Waals surface area contributed by atoms with Crippen molar-refractivity contribution in [2.45, 2.75) is 25.1 Å². The lowest BCUT2D eigenvalue weighted by molar-refractivity contribution is -0.143. The number of rotatable bonds is 7. The molecule has 6 nitrogen and oxygen atoms in total. The van der Waals surface area contributed by atoms with Crippen molar-refractivity contribution in [3.8, 4) is 11.4 Å². The largest absolute Gasteiger partial charge is 0.497 e. The van der Waals surface area contributed by atoms with Crippen LogP contribution in [0.1, 0.15) is 40.5 Å². The maximum absolute atomic E-state index is 14.0. The van der Waals surface area contributed by atoms with Crippen molar-refractivity contribution in [3.05, 3.63) is 76.6 Å². The van der Waals surface area contributed by atoms with E-state index in [1.165, 1.54) is 18.2 Å². The highest BCUT2D eigenvalue weighted by molar-refractivity contribution is 6.30.